The van der Waals surface area contributed by atoms with Crippen molar-refractivity contribution in [1.29, 1.82) is 5.26 Å². The minimum absolute atomic E-state index is 0.396. The summed E-state index contributed by atoms with van der Waals surface area (Å²) < 4.78 is 4.99. The van der Waals surface area contributed by atoms with Crippen molar-refractivity contribution in [2.24, 2.45) is 5.84 Å². The minimum atomic E-state index is 0.396. The third-order valence-electron chi connectivity index (χ3n) is 1.84. The zero-order valence-electron chi connectivity index (χ0n) is 8.22. The first-order valence-corrected chi connectivity index (χ1v) is 4.14. The molecule has 0 bridgehead atoms. The van der Waals surface area contributed by atoms with Crippen molar-refractivity contribution in [2.45, 2.75) is 13.5 Å². The summed E-state index contributed by atoms with van der Waals surface area (Å²) in [5.41, 5.74) is 4.68. The Hall–Kier alpha value is -1.64. The first kappa shape index (κ1) is 10.4. The highest BCUT2D eigenvalue weighted by molar-refractivity contribution is 5.51. The summed E-state index contributed by atoms with van der Waals surface area (Å²) in [7, 11) is 1.59. The number of anilines is 1. The maximum Gasteiger partial charge on any atom is 0.308 e. The van der Waals surface area contributed by atoms with Crippen LogP contribution in [0.15, 0.2) is 6.07 Å². The molecule has 0 saturated carbocycles. The van der Waals surface area contributed by atoms with Crippen LogP contribution in [-0.2, 0) is 11.3 Å². The highest BCUT2D eigenvalue weighted by Gasteiger charge is 2.14. The Morgan fingerprint density at radius 2 is 2.43 bits per heavy atom. The molecule has 0 fully saturated rings. The van der Waals surface area contributed by atoms with E-state index >= 15 is 0 Å². The molecule has 0 radical (unpaired) electrons. The number of pyridine rings is 1. The van der Waals surface area contributed by atoms with E-state index in [1.165, 1.54) is 0 Å². The van der Waals surface area contributed by atoms with Crippen LogP contribution < -0.4 is 16.3 Å². The standard InChI is InChI=1S/C9H12N4O/c1-6-3-7(5-14-2)8(4-10)9(12-6)13-11/h3H,5,11H2,1-2H3,(H,12,13)/p+1. The Balaban J connectivity index is 3.26. The van der Waals surface area contributed by atoms with Gasteiger partial charge in [-0.1, -0.05) is 0 Å². The minimum Gasteiger partial charge on any atom is -0.380 e. The van der Waals surface area contributed by atoms with Crippen LogP contribution in [0.4, 0.5) is 5.82 Å². The van der Waals surface area contributed by atoms with Crippen LogP contribution >= 0.6 is 0 Å². The van der Waals surface area contributed by atoms with Crippen molar-refractivity contribution >= 4 is 5.82 Å². The molecule has 0 aliphatic carbocycles. The molecule has 5 heteroatoms. The van der Waals surface area contributed by atoms with Crippen LogP contribution in [0.5, 0.6) is 0 Å². The van der Waals surface area contributed by atoms with E-state index in [1.54, 1.807) is 7.11 Å². The van der Waals surface area contributed by atoms with Crippen molar-refractivity contribution in [1.82, 2.24) is 0 Å². The first-order valence-electron chi connectivity index (χ1n) is 4.14. The molecule has 0 amide bonds. The lowest BCUT2D eigenvalue weighted by Gasteiger charge is -2.04. The lowest BCUT2D eigenvalue weighted by molar-refractivity contribution is -0.371. The molecule has 0 aliphatic heterocycles. The average Bonchev–Trinajstić information content (AvgIpc) is 2.17. The molecule has 1 aromatic heterocycles. The SMILES string of the molecule is COCc1cc(C)[nH+]c(NN)c1C#N. The van der Waals surface area contributed by atoms with Crippen molar-refractivity contribution in [2.75, 3.05) is 12.5 Å². The van der Waals surface area contributed by atoms with Gasteiger partial charge in [0, 0.05) is 12.7 Å². The average molecular weight is 193 g/mol. The third-order valence-corrected chi connectivity index (χ3v) is 1.84. The van der Waals surface area contributed by atoms with Gasteiger partial charge in [-0.25, -0.2) is 4.98 Å². The Bertz CT molecular complexity index is 370. The molecule has 14 heavy (non-hydrogen) atoms. The van der Waals surface area contributed by atoms with E-state index in [4.69, 9.17) is 15.8 Å². The van der Waals surface area contributed by atoms with Crippen molar-refractivity contribution in [3.05, 3.63) is 22.9 Å². The largest absolute Gasteiger partial charge is 0.380 e. The second-order valence-corrected chi connectivity index (χ2v) is 2.92. The Morgan fingerprint density at radius 3 is 2.93 bits per heavy atom. The van der Waals surface area contributed by atoms with Gasteiger partial charge in [0.1, 0.15) is 11.6 Å². The van der Waals surface area contributed by atoms with Gasteiger partial charge in [0.15, 0.2) is 0 Å². The molecule has 74 valence electrons. The highest BCUT2D eigenvalue weighted by atomic mass is 16.5. The third kappa shape index (κ3) is 1.99. The van der Waals surface area contributed by atoms with Crippen LogP contribution in [-0.4, -0.2) is 7.11 Å². The number of nitrogens with two attached hydrogens (primary N) is 1. The number of aromatic nitrogens is 1. The molecule has 0 aromatic carbocycles. The lowest BCUT2D eigenvalue weighted by atomic mass is 10.1. The maximum atomic E-state index is 8.93. The summed E-state index contributed by atoms with van der Waals surface area (Å²) in [6.45, 7) is 2.29. The van der Waals surface area contributed by atoms with E-state index < -0.39 is 0 Å². The fourth-order valence-electron chi connectivity index (χ4n) is 1.30. The number of methoxy groups -OCH3 is 1. The van der Waals surface area contributed by atoms with Gasteiger partial charge in [-0.2, -0.15) is 16.5 Å². The van der Waals surface area contributed by atoms with Crippen molar-refractivity contribution in [3.8, 4) is 6.07 Å². The number of aryl methyl sites for hydroxylation is 1. The number of ether oxygens (including phenoxy) is 1. The zero-order chi connectivity index (χ0) is 10.6. The molecule has 0 unspecified atom stereocenters. The van der Waals surface area contributed by atoms with Gasteiger partial charge in [-0.05, 0) is 13.0 Å². The van der Waals surface area contributed by atoms with Gasteiger partial charge >= 0.3 is 5.82 Å². The molecule has 0 spiro atoms. The van der Waals surface area contributed by atoms with E-state index in [-0.39, 0.29) is 0 Å². The number of hydrazine groups is 1. The fraction of sp³-hybridized carbons (Fsp3) is 0.333. The predicted octanol–water partition coefficient (Wildman–Crippen LogP) is 0.113. The Labute approximate surface area is 82.5 Å². The van der Waals surface area contributed by atoms with Crippen LogP contribution in [0, 0.1) is 18.3 Å². The van der Waals surface area contributed by atoms with Crippen LogP contribution in [0.25, 0.3) is 0 Å². The second-order valence-electron chi connectivity index (χ2n) is 2.92. The quantitative estimate of drug-likeness (QED) is 0.527. The molecule has 1 heterocycles. The topological polar surface area (TPSA) is 85.2 Å². The van der Waals surface area contributed by atoms with Gasteiger partial charge in [0.2, 0.25) is 0 Å². The predicted molar refractivity (Wildman–Crippen MR) is 51.0 cm³/mol. The second kappa shape index (κ2) is 4.56. The highest BCUT2D eigenvalue weighted by Crippen LogP contribution is 2.14. The monoisotopic (exact) mass is 193 g/mol. The Kier molecular flexibility index (Phi) is 3.40. The van der Waals surface area contributed by atoms with E-state index in [1.807, 2.05) is 13.0 Å². The number of hydrogen-bond acceptors (Lipinski definition) is 4. The molecule has 1 rings (SSSR count). The molecular formula is C9H13N4O+. The summed E-state index contributed by atoms with van der Waals surface area (Å²) in [5, 5.41) is 8.93. The number of nitrogens with one attached hydrogen (secondary N) is 2. The molecule has 4 N–H and O–H groups in total. The number of rotatable bonds is 3. The molecular weight excluding hydrogens is 180 g/mol. The first-order chi connectivity index (χ1) is 6.72. The van der Waals surface area contributed by atoms with Gasteiger partial charge in [-0.15, -0.1) is 0 Å². The normalized spacial score (nSPS) is 9.57. The molecule has 1 aromatic rings. The van der Waals surface area contributed by atoms with Gasteiger partial charge in [-0.3, -0.25) is 0 Å². The fourth-order valence-corrected chi connectivity index (χ4v) is 1.30. The van der Waals surface area contributed by atoms with E-state index in [0.717, 1.165) is 11.3 Å². The van der Waals surface area contributed by atoms with Crippen molar-refractivity contribution in [3.63, 3.8) is 0 Å². The lowest BCUT2D eigenvalue weighted by Crippen LogP contribution is -2.23. The van der Waals surface area contributed by atoms with E-state index in [0.29, 0.717) is 18.0 Å². The van der Waals surface area contributed by atoms with Gasteiger partial charge < -0.3 is 4.74 Å². The molecule has 5 nitrogen and oxygen atoms in total. The summed E-state index contributed by atoms with van der Waals surface area (Å²) in [4.78, 5) is 2.96. The summed E-state index contributed by atoms with van der Waals surface area (Å²) in [6, 6.07) is 3.94. The summed E-state index contributed by atoms with van der Waals surface area (Å²) in [6.07, 6.45) is 0. The maximum absolute atomic E-state index is 8.93. The summed E-state index contributed by atoms with van der Waals surface area (Å²) >= 11 is 0. The number of nitriles is 1. The van der Waals surface area contributed by atoms with Crippen LogP contribution in [0.2, 0.25) is 0 Å². The number of nitrogen functional groups attached to an aromatic ring is 1. The van der Waals surface area contributed by atoms with Crippen LogP contribution in [0.3, 0.4) is 0 Å². The van der Waals surface area contributed by atoms with Gasteiger partial charge in [0.05, 0.1) is 12.3 Å². The number of nitrogens with zero attached hydrogens (tertiary/aromatic N) is 1. The zero-order valence-corrected chi connectivity index (χ0v) is 8.22. The van der Waals surface area contributed by atoms with E-state index in [2.05, 4.69) is 16.5 Å². The summed E-state index contributed by atoms with van der Waals surface area (Å²) in [5.74, 6) is 5.80. The molecule has 0 saturated heterocycles. The molecule has 0 aliphatic rings. The van der Waals surface area contributed by atoms with Crippen molar-refractivity contribution < 1.29 is 9.72 Å². The molecule has 0 atom stereocenters. The number of aromatic amines is 1. The number of hydrogen-bond donors (Lipinski definition) is 2. The smallest absolute Gasteiger partial charge is 0.308 e. The van der Waals surface area contributed by atoms with E-state index in [9.17, 15) is 0 Å². The Morgan fingerprint density at radius 1 is 1.71 bits per heavy atom. The number of H-pyrrole nitrogens is 1. The van der Waals surface area contributed by atoms with Gasteiger partial charge in [0.25, 0.3) is 0 Å². The van der Waals surface area contributed by atoms with Crippen LogP contribution in [0.1, 0.15) is 16.8 Å².